The van der Waals surface area contributed by atoms with Crippen molar-refractivity contribution in [3.63, 3.8) is 0 Å². The van der Waals surface area contributed by atoms with E-state index < -0.39 is 23.8 Å². The summed E-state index contributed by atoms with van der Waals surface area (Å²) < 4.78 is 0. The van der Waals surface area contributed by atoms with E-state index in [1.807, 2.05) is 20.9 Å². The predicted molar refractivity (Wildman–Crippen MR) is 174 cm³/mol. The highest BCUT2D eigenvalue weighted by molar-refractivity contribution is 7.80. The standard InChI is InChI=1S/C34H52N2O4S/c1-10-34(8,18-13-14-20-41)19-17-26(5)35(9)21-25(4)32-27(6)28(7)33(40)36(30(23-38)24(2)3)31(39)16-12-11-15-29(32)22-37/h11-12,15-17,19,22,24,26,29-30,38,41H,4,7,10,13-14,18,20-21,23H2,1-3,5-6,8-9H3/b15-11?,16-12+,19-17-,32-27?. The lowest BCUT2D eigenvalue weighted by Crippen LogP contribution is -2.49. The molecule has 4 atom stereocenters. The number of allylic oxidation sites excluding steroid dienone is 4. The average molecular weight is 585 g/mol. The van der Waals surface area contributed by atoms with E-state index in [9.17, 15) is 19.5 Å². The molecule has 0 fully saturated rings. The Hall–Kier alpha value is -2.48. The van der Waals surface area contributed by atoms with Gasteiger partial charge in [-0.05, 0) is 74.0 Å². The number of unbranched alkanes of at least 4 members (excludes halogenated alkanes) is 1. The van der Waals surface area contributed by atoms with Crippen molar-refractivity contribution in [2.45, 2.75) is 79.3 Å². The van der Waals surface area contributed by atoms with E-state index in [4.69, 9.17) is 0 Å². The van der Waals surface area contributed by atoms with Gasteiger partial charge in [-0.1, -0.05) is 77.7 Å². The van der Waals surface area contributed by atoms with Gasteiger partial charge in [0.15, 0.2) is 0 Å². The Bertz CT molecular complexity index is 1070. The highest BCUT2D eigenvalue weighted by atomic mass is 32.1. The second kappa shape index (κ2) is 17.5. The molecular weight excluding hydrogens is 532 g/mol. The highest BCUT2D eigenvalue weighted by Gasteiger charge is 2.33. The van der Waals surface area contributed by atoms with E-state index in [1.54, 1.807) is 19.1 Å². The number of carbonyl (C=O) groups is 3. The van der Waals surface area contributed by atoms with Crippen LogP contribution in [0.25, 0.3) is 0 Å². The molecule has 1 rings (SSSR count). The van der Waals surface area contributed by atoms with Gasteiger partial charge in [-0.3, -0.25) is 19.4 Å². The second-order valence-electron chi connectivity index (χ2n) is 11.7. The summed E-state index contributed by atoms with van der Waals surface area (Å²) in [6, 6.07) is -0.610. The Labute approximate surface area is 254 Å². The number of hydrogen-bond acceptors (Lipinski definition) is 6. The van der Waals surface area contributed by atoms with Gasteiger partial charge in [0.05, 0.1) is 18.6 Å². The van der Waals surface area contributed by atoms with E-state index in [2.05, 4.69) is 63.6 Å². The quantitative estimate of drug-likeness (QED) is 0.0606. The van der Waals surface area contributed by atoms with E-state index in [-0.39, 0.29) is 29.6 Å². The predicted octanol–water partition coefficient (Wildman–Crippen LogP) is 6.12. The number of amides is 2. The number of carbonyl (C=O) groups excluding carboxylic acids is 3. The van der Waals surface area contributed by atoms with Crippen LogP contribution in [0, 0.1) is 17.3 Å². The maximum absolute atomic E-state index is 13.7. The molecule has 0 aromatic carbocycles. The molecule has 6 nitrogen and oxygen atoms in total. The first-order chi connectivity index (χ1) is 19.3. The lowest BCUT2D eigenvalue weighted by molar-refractivity contribution is -0.144. The average Bonchev–Trinajstić information content (AvgIpc) is 2.95. The summed E-state index contributed by atoms with van der Waals surface area (Å²) in [4.78, 5) is 42.2. The molecule has 0 saturated carbocycles. The van der Waals surface area contributed by atoms with E-state index >= 15 is 0 Å². The van der Waals surface area contributed by atoms with E-state index in [0.717, 1.165) is 42.6 Å². The van der Waals surface area contributed by atoms with Gasteiger partial charge in [-0.15, -0.1) is 0 Å². The number of nitrogens with zero attached hydrogens (tertiary/aromatic N) is 2. The molecule has 0 saturated heterocycles. The van der Waals surface area contributed by atoms with Gasteiger partial charge in [-0.2, -0.15) is 12.6 Å². The van der Waals surface area contributed by atoms with Gasteiger partial charge < -0.3 is 9.90 Å². The maximum atomic E-state index is 13.7. The number of imide groups is 1. The van der Waals surface area contributed by atoms with Crippen LogP contribution in [0.5, 0.6) is 0 Å². The van der Waals surface area contributed by atoms with Crippen LogP contribution >= 0.6 is 12.6 Å². The van der Waals surface area contributed by atoms with Crippen LogP contribution in [-0.2, 0) is 14.4 Å². The summed E-state index contributed by atoms with van der Waals surface area (Å²) in [5, 5.41) is 10.0. The molecule has 1 aliphatic rings. The zero-order valence-corrected chi connectivity index (χ0v) is 27.1. The minimum Gasteiger partial charge on any atom is -0.394 e. The molecule has 228 valence electrons. The summed E-state index contributed by atoms with van der Waals surface area (Å²) >= 11 is 4.34. The first kappa shape index (κ1) is 36.5. The van der Waals surface area contributed by atoms with Crippen molar-refractivity contribution in [3.8, 4) is 0 Å². The van der Waals surface area contributed by atoms with Crippen LogP contribution in [0.2, 0.25) is 0 Å². The Morgan fingerprint density at radius 2 is 1.90 bits per heavy atom. The molecule has 0 spiro atoms. The largest absolute Gasteiger partial charge is 0.394 e. The molecule has 1 heterocycles. The summed E-state index contributed by atoms with van der Waals surface area (Å²) in [5.74, 6) is -1.08. The summed E-state index contributed by atoms with van der Waals surface area (Å²) in [6.07, 6.45) is 15.9. The molecule has 7 heteroatoms. The monoisotopic (exact) mass is 584 g/mol. The van der Waals surface area contributed by atoms with Crippen LogP contribution in [-0.4, -0.2) is 71.0 Å². The number of aliphatic hydroxyl groups excluding tert-OH is 1. The molecular formula is C34H52N2O4S. The van der Waals surface area contributed by atoms with Gasteiger partial charge in [0, 0.05) is 24.2 Å². The van der Waals surface area contributed by atoms with Gasteiger partial charge in [0.1, 0.15) is 6.29 Å². The smallest absolute Gasteiger partial charge is 0.260 e. The third-order valence-electron chi connectivity index (χ3n) is 8.26. The molecule has 1 aliphatic heterocycles. The van der Waals surface area contributed by atoms with E-state index in [0.29, 0.717) is 23.3 Å². The van der Waals surface area contributed by atoms with Crippen molar-refractivity contribution in [1.29, 1.82) is 0 Å². The molecule has 1 N–H and O–H groups in total. The molecule has 41 heavy (non-hydrogen) atoms. The van der Waals surface area contributed by atoms with Crippen molar-refractivity contribution in [1.82, 2.24) is 9.80 Å². The fourth-order valence-electron chi connectivity index (χ4n) is 4.90. The van der Waals surface area contributed by atoms with Gasteiger partial charge in [0.2, 0.25) is 0 Å². The Kier molecular flexibility index (Phi) is 15.6. The van der Waals surface area contributed by atoms with Crippen molar-refractivity contribution in [2.24, 2.45) is 17.3 Å². The summed E-state index contributed by atoms with van der Waals surface area (Å²) in [7, 11) is 2.01. The zero-order valence-electron chi connectivity index (χ0n) is 26.2. The van der Waals surface area contributed by atoms with Crippen LogP contribution in [0.15, 0.2) is 71.9 Å². The molecule has 0 aliphatic carbocycles. The van der Waals surface area contributed by atoms with Crippen LogP contribution in [0.3, 0.4) is 0 Å². The van der Waals surface area contributed by atoms with Crippen molar-refractivity contribution >= 4 is 30.7 Å². The molecule has 2 amide bonds. The molecule has 0 aromatic rings. The third-order valence-corrected chi connectivity index (χ3v) is 8.58. The number of hydrogen-bond donors (Lipinski definition) is 2. The first-order valence-electron chi connectivity index (χ1n) is 14.7. The Balaban J connectivity index is 3.40. The molecule has 0 bridgehead atoms. The lowest BCUT2D eigenvalue weighted by atomic mass is 9.81. The second-order valence-corrected chi connectivity index (χ2v) is 12.2. The van der Waals surface area contributed by atoms with Crippen LogP contribution in [0.1, 0.15) is 67.2 Å². The van der Waals surface area contributed by atoms with Crippen molar-refractivity contribution in [3.05, 3.63) is 71.9 Å². The van der Waals surface area contributed by atoms with Gasteiger partial charge >= 0.3 is 0 Å². The number of rotatable bonds is 15. The van der Waals surface area contributed by atoms with Crippen LogP contribution < -0.4 is 0 Å². The fourth-order valence-corrected chi connectivity index (χ4v) is 5.13. The molecule has 0 aromatic heterocycles. The van der Waals surface area contributed by atoms with E-state index in [1.165, 1.54) is 12.2 Å². The normalized spacial score (nSPS) is 20.9. The number of likely N-dealkylation sites (N-methyl/N-ethyl adjacent to an activating group) is 1. The van der Waals surface area contributed by atoms with Gasteiger partial charge in [0.25, 0.3) is 11.8 Å². The topological polar surface area (TPSA) is 77.9 Å². The highest BCUT2D eigenvalue weighted by Crippen LogP contribution is 2.32. The number of aliphatic hydroxyl groups is 1. The van der Waals surface area contributed by atoms with Crippen LogP contribution in [0.4, 0.5) is 0 Å². The lowest BCUT2D eigenvalue weighted by Gasteiger charge is -2.32. The van der Waals surface area contributed by atoms with Crippen molar-refractivity contribution in [2.75, 3.05) is 26.0 Å². The Morgan fingerprint density at radius 1 is 1.24 bits per heavy atom. The zero-order chi connectivity index (χ0) is 31.3. The molecule has 0 radical (unpaired) electrons. The maximum Gasteiger partial charge on any atom is 0.260 e. The number of thiol groups is 1. The molecule has 4 unspecified atom stereocenters. The van der Waals surface area contributed by atoms with Crippen molar-refractivity contribution < 1.29 is 19.5 Å². The minimum absolute atomic E-state index is 0.0969. The number of aldehydes is 1. The summed E-state index contributed by atoms with van der Waals surface area (Å²) in [5.41, 5.74) is 2.02. The summed E-state index contributed by atoms with van der Waals surface area (Å²) in [6.45, 7) is 20.5. The SMILES string of the molecule is C=C(CN(C)C(C)/C=C\C(C)(CC)CCCCS)C1=C(C)C(=C)C(=O)N(C(CO)C(C)C)C(=O)/C=C/C=CC1C=O. The Morgan fingerprint density at radius 3 is 2.44 bits per heavy atom. The van der Waals surface area contributed by atoms with Gasteiger partial charge in [-0.25, -0.2) is 0 Å². The third kappa shape index (κ3) is 10.4. The fraction of sp³-hybridized carbons (Fsp3) is 0.559. The first-order valence-corrected chi connectivity index (χ1v) is 15.3. The minimum atomic E-state index is -0.715.